The van der Waals surface area contributed by atoms with Crippen molar-refractivity contribution in [2.75, 3.05) is 13.7 Å². The number of carbonyl (C=O) groups is 1. The van der Waals surface area contributed by atoms with Crippen molar-refractivity contribution >= 4 is 34.6 Å². The molecule has 1 aromatic rings. The van der Waals surface area contributed by atoms with E-state index in [9.17, 15) is 9.82 Å². The highest BCUT2D eigenvalue weighted by molar-refractivity contribution is 9.10. The van der Waals surface area contributed by atoms with Crippen LogP contribution < -0.4 is 10.2 Å². The number of hydrogen-bond acceptors (Lipinski definition) is 5. The molecule has 23 heavy (non-hydrogen) atoms. The number of carbonyl (C=O) groups excluding carboxylic acids is 1. The molecule has 0 radical (unpaired) electrons. The molecule has 0 aliphatic carbocycles. The summed E-state index contributed by atoms with van der Waals surface area (Å²) in [7, 11) is 0.402. The molecule has 1 unspecified atom stereocenters. The third kappa shape index (κ3) is 3.81. The van der Waals surface area contributed by atoms with Gasteiger partial charge in [0, 0.05) is 22.5 Å². The van der Waals surface area contributed by atoms with Gasteiger partial charge in [-0.25, -0.2) is 4.79 Å². The molecule has 1 aliphatic rings. The molecule has 0 aromatic heterocycles. The van der Waals surface area contributed by atoms with E-state index < -0.39 is 25.0 Å². The van der Waals surface area contributed by atoms with Gasteiger partial charge in [0.2, 0.25) is 0 Å². The summed E-state index contributed by atoms with van der Waals surface area (Å²) in [6.07, 6.45) is -1.29. The van der Waals surface area contributed by atoms with Crippen molar-refractivity contribution in [2.45, 2.75) is 39.5 Å². The number of benzene rings is 1. The van der Waals surface area contributed by atoms with Crippen molar-refractivity contribution < 1.29 is 23.9 Å². The van der Waals surface area contributed by atoms with Gasteiger partial charge in [0.15, 0.2) is 0 Å². The molecular weight excluding hydrogens is 365 g/mol. The highest BCUT2D eigenvalue weighted by Gasteiger charge is 2.43. The van der Waals surface area contributed by atoms with Crippen LogP contribution in [0.4, 0.5) is 4.79 Å². The Morgan fingerprint density at radius 1 is 1.48 bits per heavy atom. The maximum absolute atomic E-state index is 12.3. The number of hydrogen-bond donors (Lipinski definition) is 1. The summed E-state index contributed by atoms with van der Waals surface area (Å²) in [6, 6.07) is 3.57. The van der Waals surface area contributed by atoms with E-state index in [0.717, 1.165) is 4.47 Å². The quantitative estimate of drug-likeness (QED) is 0.809. The van der Waals surface area contributed by atoms with Crippen molar-refractivity contribution in [3.05, 3.63) is 22.2 Å². The monoisotopic (exact) mass is 385 g/mol. The number of halogens is 1. The number of ether oxygens (including phenoxy) is 2. The van der Waals surface area contributed by atoms with Crippen molar-refractivity contribution in [3.8, 4) is 5.75 Å². The minimum atomic E-state index is -1.17. The van der Waals surface area contributed by atoms with E-state index in [1.807, 2.05) is 6.92 Å². The Balaban J connectivity index is 2.36. The van der Waals surface area contributed by atoms with Crippen LogP contribution in [0.25, 0.3) is 0 Å². The molecule has 0 bridgehead atoms. The van der Waals surface area contributed by atoms with E-state index in [0.29, 0.717) is 23.4 Å². The van der Waals surface area contributed by atoms with Gasteiger partial charge >= 0.3 is 13.2 Å². The zero-order valence-electron chi connectivity index (χ0n) is 13.9. The zero-order chi connectivity index (χ0) is 17.4. The Morgan fingerprint density at radius 3 is 2.70 bits per heavy atom. The molecule has 0 saturated carbocycles. The number of rotatable bonds is 3. The van der Waals surface area contributed by atoms with Crippen LogP contribution >= 0.6 is 15.9 Å². The summed E-state index contributed by atoms with van der Waals surface area (Å²) in [5, 5.41) is 10.2. The van der Waals surface area contributed by atoms with E-state index in [1.165, 1.54) is 4.90 Å². The first kappa shape index (κ1) is 18.1. The Kier molecular flexibility index (Phi) is 5.28. The maximum atomic E-state index is 12.3. The van der Waals surface area contributed by atoms with Crippen molar-refractivity contribution in [1.82, 2.24) is 4.90 Å². The number of fused-ring (bicyclic) bond motifs is 1. The van der Waals surface area contributed by atoms with Crippen LogP contribution in [0.15, 0.2) is 16.6 Å². The predicted octanol–water partition coefficient (Wildman–Crippen LogP) is 2.43. The fourth-order valence-electron chi connectivity index (χ4n) is 2.35. The van der Waals surface area contributed by atoms with Gasteiger partial charge in [-0.3, -0.25) is 4.90 Å². The maximum Gasteiger partial charge on any atom is 0.497 e. The van der Waals surface area contributed by atoms with Gasteiger partial charge in [-0.15, -0.1) is 0 Å². The van der Waals surface area contributed by atoms with Crippen molar-refractivity contribution in [1.29, 1.82) is 0 Å². The van der Waals surface area contributed by atoms with Gasteiger partial charge in [-0.1, -0.05) is 15.9 Å². The summed E-state index contributed by atoms with van der Waals surface area (Å²) < 4.78 is 17.2. The summed E-state index contributed by atoms with van der Waals surface area (Å²) in [6.45, 7) is 7.70. The Hall–Kier alpha value is -1.25. The van der Waals surface area contributed by atoms with Crippen LogP contribution in [0.5, 0.6) is 5.75 Å². The third-order valence-electron chi connectivity index (χ3n) is 3.28. The third-order valence-corrected chi connectivity index (χ3v) is 3.97. The van der Waals surface area contributed by atoms with Gasteiger partial charge in [0.05, 0.1) is 6.61 Å². The van der Waals surface area contributed by atoms with E-state index in [-0.39, 0.29) is 0 Å². The molecule has 1 aromatic carbocycles. The van der Waals surface area contributed by atoms with Gasteiger partial charge in [-0.05, 0) is 39.8 Å². The first-order chi connectivity index (χ1) is 10.7. The molecule has 1 N–H and O–H groups in total. The van der Waals surface area contributed by atoms with Crippen LogP contribution in [-0.4, -0.2) is 42.4 Å². The van der Waals surface area contributed by atoms with Gasteiger partial charge in [-0.2, -0.15) is 0 Å². The Labute approximate surface area is 145 Å². The minimum absolute atomic E-state index is 0.466. The molecule has 0 spiro atoms. The highest BCUT2D eigenvalue weighted by atomic mass is 79.9. The van der Waals surface area contributed by atoms with Gasteiger partial charge < -0.3 is 19.2 Å². The largest absolute Gasteiger partial charge is 0.497 e. The lowest BCUT2D eigenvalue weighted by molar-refractivity contribution is -0.0126. The molecule has 0 fully saturated rings. The van der Waals surface area contributed by atoms with E-state index in [1.54, 1.807) is 40.0 Å². The summed E-state index contributed by atoms with van der Waals surface area (Å²) in [5.74, 6) is 0.540. The fourth-order valence-corrected chi connectivity index (χ4v) is 2.89. The second kappa shape index (κ2) is 6.71. The molecule has 2 rings (SSSR count). The molecular formula is C15H21BBrNO5. The average Bonchev–Trinajstić information content (AvgIpc) is 2.78. The molecule has 8 heteroatoms. The second-order valence-corrected chi connectivity index (χ2v) is 7.09. The SMILES string of the molecule is CCOc1ccc(Br)c2c1B(O)OC2N(C)C(=O)OC(C)(C)C. The molecule has 1 atom stereocenters. The van der Waals surface area contributed by atoms with E-state index >= 15 is 0 Å². The highest BCUT2D eigenvalue weighted by Crippen LogP contribution is 2.35. The lowest BCUT2D eigenvalue weighted by Gasteiger charge is -2.29. The smallest absolute Gasteiger partial charge is 0.494 e. The lowest BCUT2D eigenvalue weighted by Crippen LogP contribution is -2.37. The molecule has 0 saturated heterocycles. The van der Waals surface area contributed by atoms with Crippen molar-refractivity contribution in [3.63, 3.8) is 0 Å². The number of nitrogens with zero attached hydrogens (tertiary/aromatic N) is 1. The molecule has 126 valence electrons. The van der Waals surface area contributed by atoms with Gasteiger partial charge in [0.1, 0.15) is 17.6 Å². The summed E-state index contributed by atoms with van der Waals surface area (Å²) >= 11 is 3.45. The van der Waals surface area contributed by atoms with Crippen molar-refractivity contribution in [2.24, 2.45) is 0 Å². The summed E-state index contributed by atoms with van der Waals surface area (Å²) in [5.41, 5.74) is 0.578. The molecule has 1 aliphatic heterocycles. The summed E-state index contributed by atoms with van der Waals surface area (Å²) in [4.78, 5) is 13.6. The molecule has 1 heterocycles. The number of amides is 1. The second-order valence-electron chi connectivity index (χ2n) is 6.24. The van der Waals surface area contributed by atoms with Crippen LogP contribution in [-0.2, 0) is 9.39 Å². The van der Waals surface area contributed by atoms with E-state index in [2.05, 4.69) is 15.9 Å². The average molecular weight is 386 g/mol. The zero-order valence-corrected chi connectivity index (χ0v) is 15.5. The van der Waals surface area contributed by atoms with Crippen LogP contribution in [0, 0.1) is 0 Å². The lowest BCUT2D eigenvalue weighted by atomic mass is 9.78. The van der Waals surface area contributed by atoms with Crippen LogP contribution in [0.3, 0.4) is 0 Å². The Morgan fingerprint density at radius 2 is 2.13 bits per heavy atom. The van der Waals surface area contributed by atoms with Crippen LogP contribution in [0.1, 0.15) is 39.5 Å². The molecule has 1 amide bonds. The molecule has 6 nitrogen and oxygen atoms in total. The Bertz CT molecular complexity index is 604. The fraction of sp³-hybridized carbons (Fsp3) is 0.533. The standard InChI is InChI=1S/C15H21BBrNO5/c1-6-21-10-8-7-9(17)11-12(10)16(20)23-13(11)18(5)14(19)22-15(2,3)4/h7-8,13,20H,6H2,1-5H3. The first-order valence-electron chi connectivity index (χ1n) is 7.40. The van der Waals surface area contributed by atoms with Crippen LogP contribution in [0.2, 0.25) is 0 Å². The first-order valence-corrected chi connectivity index (χ1v) is 8.19. The predicted molar refractivity (Wildman–Crippen MR) is 90.7 cm³/mol. The topological polar surface area (TPSA) is 68.2 Å². The van der Waals surface area contributed by atoms with E-state index in [4.69, 9.17) is 14.1 Å². The minimum Gasteiger partial charge on any atom is -0.494 e. The normalized spacial score (nSPS) is 17.0. The van der Waals surface area contributed by atoms with Gasteiger partial charge in [0.25, 0.3) is 0 Å².